The van der Waals surface area contributed by atoms with Crippen LogP contribution in [0.25, 0.3) is 113 Å². The molecule has 304 valence electrons. The van der Waals surface area contributed by atoms with Crippen molar-refractivity contribution in [2.45, 2.75) is 20.8 Å². The Morgan fingerprint density at radius 3 is 1.35 bits per heavy atom. The number of carbonyl (C=O) groups is 1. The third kappa shape index (κ3) is 6.40. The zero-order valence-electron chi connectivity index (χ0n) is 34.9. The number of benzene rings is 4. The van der Waals surface area contributed by atoms with Crippen molar-refractivity contribution in [3.63, 3.8) is 0 Å². The number of carbonyl (C=O) groups excluding carboxylic acids is 1. The standard InChI is InChI=1S/C54H41N7O2/c1-4-63-54(62)52-48-47(51(61-52)53-55-31(2)32(3)56-53)49-45(35-21-13-7-14-22-35)41-29-27-39(58-41)43(33-17-9-5-10-18-33)37-25-26-38(57-37)44(34-19-11-6-12-20-34)40-28-30-42(59-40)46(50(48)60-49)36-23-15-8-16-24-36/h5-30,57,60-61H,4H2,1-3H3,(H,55,56). The minimum Gasteiger partial charge on any atom is -0.461 e. The molecule has 5 aromatic heterocycles. The van der Waals surface area contributed by atoms with Crippen molar-refractivity contribution in [3.8, 4) is 56.0 Å². The number of nitrogens with zero attached hydrogens (tertiary/aromatic N) is 3. The van der Waals surface area contributed by atoms with Crippen molar-refractivity contribution in [1.82, 2.24) is 34.9 Å². The Morgan fingerprint density at radius 1 is 0.492 bits per heavy atom. The molecule has 0 saturated heterocycles. The van der Waals surface area contributed by atoms with Crippen molar-refractivity contribution in [3.05, 3.63) is 173 Å². The monoisotopic (exact) mass is 819 g/mol. The molecule has 4 aromatic carbocycles. The summed E-state index contributed by atoms with van der Waals surface area (Å²) in [5.74, 6) is 0.125. The summed E-state index contributed by atoms with van der Waals surface area (Å²) in [4.78, 5) is 45.2. The summed E-state index contributed by atoms with van der Waals surface area (Å²) in [6.07, 6.45) is 8.33. The molecule has 2 aliphatic rings. The Morgan fingerprint density at radius 2 is 0.921 bits per heavy atom. The number of esters is 1. The van der Waals surface area contributed by atoms with Crippen LogP contribution in [0, 0.1) is 13.8 Å². The van der Waals surface area contributed by atoms with Gasteiger partial charge in [0.2, 0.25) is 0 Å². The van der Waals surface area contributed by atoms with E-state index in [0.29, 0.717) is 28.1 Å². The van der Waals surface area contributed by atoms with Crippen molar-refractivity contribution in [2.75, 3.05) is 6.61 Å². The molecular formula is C54H41N7O2. The number of fused-ring (bicyclic) bond motifs is 11. The fourth-order valence-corrected chi connectivity index (χ4v) is 8.94. The van der Waals surface area contributed by atoms with Crippen molar-refractivity contribution in [2.24, 2.45) is 0 Å². The molecule has 0 aliphatic carbocycles. The molecule has 8 bridgehead atoms. The average Bonchev–Trinajstić information content (AvgIpc) is 4.19. The van der Waals surface area contributed by atoms with Crippen LogP contribution in [0.4, 0.5) is 0 Å². The van der Waals surface area contributed by atoms with E-state index in [1.165, 1.54) is 0 Å². The maximum absolute atomic E-state index is 14.4. The molecule has 0 saturated carbocycles. The first kappa shape index (κ1) is 37.7. The van der Waals surface area contributed by atoms with Crippen LogP contribution in [-0.4, -0.2) is 47.5 Å². The van der Waals surface area contributed by atoms with Crippen molar-refractivity contribution in [1.29, 1.82) is 0 Å². The van der Waals surface area contributed by atoms with E-state index in [2.05, 4.69) is 117 Å². The van der Waals surface area contributed by atoms with Crippen molar-refractivity contribution >= 4 is 63.1 Å². The molecule has 0 atom stereocenters. The molecule has 0 spiro atoms. The first-order valence-electron chi connectivity index (χ1n) is 21.1. The van der Waals surface area contributed by atoms with E-state index in [-0.39, 0.29) is 6.61 Å². The van der Waals surface area contributed by atoms with Gasteiger partial charge in [-0.3, -0.25) is 0 Å². The summed E-state index contributed by atoms with van der Waals surface area (Å²) in [6, 6.07) is 45.5. The molecule has 11 rings (SSSR count). The first-order chi connectivity index (χ1) is 30.9. The topological polar surface area (TPSA) is 128 Å². The summed E-state index contributed by atoms with van der Waals surface area (Å²) < 4.78 is 5.82. The molecule has 63 heavy (non-hydrogen) atoms. The molecule has 2 aliphatic heterocycles. The molecule has 0 amide bonds. The first-order valence-corrected chi connectivity index (χ1v) is 21.1. The SMILES string of the molecule is CCOC(=O)c1[nH]c(-c2nc(C)c(C)[nH]2)c2c3[nH]c(c(-c4ccccc4)c4nc(c(-c5ccccc5)c5ccc([nH]5)c(-c5ccccc5)c5nc(c3-c3ccccc3)C=C5)C=C4)c12. The number of rotatable bonds is 7. The van der Waals surface area contributed by atoms with Crippen LogP contribution in [0.2, 0.25) is 0 Å². The van der Waals surface area contributed by atoms with Gasteiger partial charge in [0.15, 0.2) is 5.82 Å². The molecule has 0 fully saturated rings. The predicted octanol–water partition coefficient (Wildman–Crippen LogP) is 13.0. The molecule has 9 aromatic rings. The molecular weight excluding hydrogens is 779 g/mol. The zero-order chi connectivity index (χ0) is 42.6. The number of imidazole rings is 1. The van der Waals surface area contributed by atoms with Gasteiger partial charge in [-0.05, 0) is 79.5 Å². The van der Waals surface area contributed by atoms with Gasteiger partial charge in [0, 0.05) is 49.8 Å². The molecule has 0 unspecified atom stereocenters. The third-order valence-electron chi connectivity index (χ3n) is 11.9. The summed E-state index contributed by atoms with van der Waals surface area (Å²) >= 11 is 0. The molecule has 9 nitrogen and oxygen atoms in total. The van der Waals surface area contributed by atoms with Crippen LogP contribution in [0.5, 0.6) is 0 Å². The number of aromatic amines is 4. The van der Waals surface area contributed by atoms with Crippen molar-refractivity contribution < 1.29 is 9.53 Å². The van der Waals surface area contributed by atoms with Gasteiger partial charge in [-0.1, -0.05) is 121 Å². The lowest BCUT2D eigenvalue weighted by Gasteiger charge is -2.07. The highest BCUT2D eigenvalue weighted by Crippen LogP contribution is 2.45. The lowest BCUT2D eigenvalue weighted by molar-refractivity contribution is 0.0522. The van der Waals surface area contributed by atoms with Gasteiger partial charge >= 0.3 is 5.97 Å². The largest absolute Gasteiger partial charge is 0.461 e. The van der Waals surface area contributed by atoms with Crippen LogP contribution in [0.1, 0.15) is 51.6 Å². The predicted molar refractivity (Wildman–Crippen MR) is 255 cm³/mol. The van der Waals surface area contributed by atoms with E-state index in [9.17, 15) is 4.79 Å². The molecule has 7 heterocycles. The van der Waals surface area contributed by atoms with E-state index in [0.717, 1.165) is 101 Å². The fourth-order valence-electron chi connectivity index (χ4n) is 8.94. The Balaban J connectivity index is 1.44. The summed E-state index contributed by atoms with van der Waals surface area (Å²) in [7, 11) is 0. The Labute approximate surface area is 363 Å². The molecule has 4 N–H and O–H groups in total. The number of H-pyrrole nitrogens is 4. The van der Waals surface area contributed by atoms with Crippen LogP contribution < -0.4 is 0 Å². The maximum atomic E-state index is 14.4. The third-order valence-corrected chi connectivity index (χ3v) is 11.9. The highest BCUT2D eigenvalue weighted by Gasteiger charge is 2.29. The van der Waals surface area contributed by atoms with Crippen LogP contribution >= 0.6 is 0 Å². The lowest BCUT2D eigenvalue weighted by atomic mass is 10.00. The summed E-state index contributed by atoms with van der Waals surface area (Å²) in [5, 5.41) is 1.43. The second-order valence-corrected chi connectivity index (χ2v) is 15.7. The number of aryl methyl sites for hydroxylation is 2. The highest BCUT2D eigenvalue weighted by atomic mass is 16.5. The second-order valence-electron chi connectivity index (χ2n) is 15.7. The number of hydrogen-bond acceptors (Lipinski definition) is 5. The van der Waals surface area contributed by atoms with Crippen LogP contribution in [0.3, 0.4) is 0 Å². The van der Waals surface area contributed by atoms with E-state index < -0.39 is 5.97 Å². The van der Waals surface area contributed by atoms with Gasteiger partial charge in [-0.25, -0.2) is 19.7 Å². The van der Waals surface area contributed by atoms with Crippen LogP contribution in [-0.2, 0) is 4.74 Å². The lowest BCUT2D eigenvalue weighted by Crippen LogP contribution is -2.05. The van der Waals surface area contributed by atoms with E-state index in [1.807, 2.05) is 81.4 Å². The van der Waals surface area contributed by atoms with Gasteiger partial charge in [-0.2, -0.15) is 0 Å². The smallest absolute Gasteiger partial charge is 0.355 e. The van der Waals surface area contributed by atoms with E-state index >= 15 is 0 Å². The number of hydrogen-bond donors (Lipinski definition) is 4. The average molecular weight is 820 g/mol. The number of nitrogens with one attached hydrogen (secondary N) is 4. The zero-order valence-corrected chi connectivity index (χ0v) is 34.9. The quantitative estimate of drug-likeness (QED) is 0.119. The van der Waals surface area contributed by atoms with E-state index in [4.69, 9.17) is 19.7 Å². The summed E-state index contributed by atoms with van der Waals surface area (Å²) in [5.41, 5.74) is 16.6. The Bertz CT molecular complexity index is 3460. The fraction of sp³-hybridized carbons (Fsp3) is 0.0741. The maximum Gasteiger partial charge on any atom is 0.355 e. The van der Waals surface area contributed by atoms with Crippen LogP contribution in [0.15, 0.2) is 133 Å². The Hall–Kier alpha value is -8.30. The van der Waals surface area contributed by atoms with Gasteiger partial charge in [0.1, 0.15) is 5.69 Å². The van der Waals surface area contributed by atoms with Gasteiger partial charge in [-0.15, -0.1) is 0 Å². The van der Waals surface area contributed by atoms with E-state index in [1.54, 1.807) is 0 Å². The van der Waals surface area contributed by atoms with Gasteiger partial charge in [0.05, 0.1) is 51.8 Å². The Kier molecular flexibility index (Phi) is 9.16. The highest BCUT2D eigenvalue weighted by molar-refractivity contribution is 6.26. The second kappa shape index (κ2) is 15.3. The molecule has 0 radical (unpaired) electrons. The minimum absolute atomic E-state index is 0.198. The molecule has 9 heteroatoms. The summed E-state index contributed by atoms with van der Waals surface area (Å²) in [6.45, 7) is 5.99. The minimum atomic E-state index is -0.478. The van der Waals surface area contributed by atoms with Gasteiger partial charge < -0.3 is 24.7 Å². The number of ether oxygens (including phenoxy) is 1. The normalized spacial score (nSPS) is 12.0. The van der Waals surface area contributed by atoms with Gasteiger partial charge in [0.25, 0.3) is 0 Å². The number of aromatic nitrogens is 7.